The molecule has 0 saturated carbocycles. The fraction of sp³-hybridized carbons (Fsp3) is 0.0189. The first-order valence-corrected chi connectivity index (χ1v) is 20.7. The van der Waals surface area contributed by atoms with Gasteiger partial charge >= 0.3 is 0 Å². The first-order valence-electron chi connectivity index (χ1n) is 19.8. The van der Waals surface area contributed by atoms with E-state index in [1.165, 1.54) is 30.9 Å². The van der Waals surface area contributed by atoms with E-state index in [0.717, 1.165) is 88.3 Å². The molecule has 0 fully saturated rings. The van der Waals surface area contributed by atoms with Gasteiger partial charge in [0.15, 0.2) is 12.0 Å². The Morgan fingerprint density at radius 3 is 2.05 bits per heavy atom. The average Bonchev–Trinajstić information content (AvgIpc) is 3.99. The molecule has 1 unspecified atom stereocenters. The lowest BCUT2D eigenvalue weighted by molar-refractivity contribution is 0.629. The first-order chi connectivity index (χ1) is 29.2. The molecule has 5 nitrogen and oxygen atoms in total. The van der Waals surface area contributed by atoms with Crippen LogP contribution in [0.1, 0.15) is 22.9 Å². The third-order valence-electron chi connectivity index (χ3n) is 12.0. The molecule has 276 valence electrons. The maximum Gasteiger partial charge on any atom is 0.160 e. The third-order valence-corrected chi connectivity index (χ3v) is 13.1. The van der Waals surface area contributed by atoms with Crippen LogP contribution < -0.4 is 5.32 Å². The lowest BCUT2D eigenvalue weighted by Crippen LogP contribution is -2.34. The zero-order chi connectivity index (χ0) is 38.6. The van der Waals surface area contributed by atoms with Crippen molar-refractivity contribution >= 4 is 109 Å². The van der Waals surface area contributed by atoms with Gasteiger partial charge in [0.2, 0.25) is 0 Å². The summed E-state index contributed by atoms with van der Waals surface area (Å²) in [7, 11) is 0. The molecule has 13 rings (SSSR count). The normalized spacial score (nSPS) is 14.6. The number of nitrogens with zero attached hydrogens (tertiary/aromatic N) is 2. The van der Waals surface area contributed by atoms with Gasteiger partial charge in [-0.15, -0.1) is 11.3 Å². The molecule has 59 heavy (non-hydrogen) atoms. The summed E-state index contributed by atoms with van der Waals surface area (Å²) in [4.78, 5) is 11.2. The molecule has 0 saturated heterocycles. The van der Waals surface area contributed by atoms with E-state index >= 15 is 0 Å². The number of furan rings is 2. The average molecular weight is 774 g/mol. The van der Waals surface area contributed by atoms with Crippen molar-refractivity contribution in [2.75, 3.05) is 0 Å². The Morgan fingerprint density at radius 1 is 0.475 bits per heavy atom. The van der Waals surface area contributed by atoms with Crippen LogP contribution in [-0.4, -0.2) is 11.7 Å². The van der Waals surface area contributed by atoms with Crippen LogP contribution in [0.15, 0.2) is 195 Å². The molecule has 4 heterocycles. The highest BCUT2D eigenvalue weighted by molar-refractivity contribution is 7.25. The molecule has 0 bridgehead atoms. The summed E-state index contributed by atoms with van der Waals surface area (Å²) in [5.74, 6) is 1.36. The number of benzene rings is 9. The van der Waals surface area contributed by atoms with Gasteiger partial charge < -0.3 is 14.2 Å². The number of nitrogens with one attached hydrogen (secondary N) is 1. The van der Waals surface area contributed by atoms with Gasteiger partial charge in [0.05, 0.1) is 0 Å². The van der Waals surface area contributed by atoms with Crippen LogP contribution in [0.5, 0.6) is 0 Å². The van der Waals surface area contributed by atoms with Crippen LogP contribution in [0.2, 0.25) is 0 Å². The molecule has 0 amide bonds. The molecule has 12 aromatic rings. The highest BCUT2D eigenvalue weighted by atomic mass is 32.1. The van der Waals surface area contributed by atoms with Crippen LogP contribution >= 0.6 is 11.3 Å². The van der Waals surface area contributed by atoms with Crippen molar-refractivity contribution in [1.82, 2.24) is 5.32 Å². The molecule has 0 aliphatic carbocycles. The molecule has 1 atom stereocenters. The van der Waals surface area contributed by atoms with E-state index in [2.05, 4.69) is 157 Å². The summed E-state index contributed by atoms with van der Waals surface area (Å²) in [6.07, 6.45) is -0.529. The molecule has 6 heteroatoms. The first kappa shape index (κ1) is 32.5. The van der Waals surface area contributed by atoms with E-state index < -0.39 is 6.17 Å². The van der Waals surface area contributed by atoms with Crippen molar-refractivity contribution < 1.29 is 8.83 Å². The second-order valence-corrected chi connectivity index (χ2v) is 16.3. The van der Waals surface area contributed by atoms with E-state index in [1.807, 2.05) is 35.6 Å². The minimum atomic E-state index is -0.529. The van der Waals surface area contributed by atoms with Crippen molar-refractivity contribution in [2.24, 2.45) is 9.98 Å². The van der Waals surface area contributed by atoms with Crippen LogP contribution in [0, 0.1) is 0 Å². The Morgan fingerprint density at radius 2 is 1.17 bits per heavy atom. The van der Waals surface area contributed by atoms with Crippen LogP contribution in [0.3, 0.4) is 0 Å². The molecule has 1 N–H and O–H groups in total. The largest absolute Gasteiger partial charge is 0.456 e. The number of thiophene rings is 1. The summed E-state index contributed by atoms with van der Waals surface area (Å²) in [6, 6.07) is 62.0. The second-order valence-electron chi connectivity index (χ2n) is 15.2. The fourth-order valence-corrected chi connectivity index (χ4v) is 10.4. The van der Waals surface area contributed by atoms with E-state index in [0.29, 0.717) is 5.84 Å². The predicted molar refractivity (Wildman–Crippen MR) is 246 cm³/mol. The highest BCUT2D eigenvalue weighted by Gasteiger charge is 2.29. The number of hydrogen-bond donors (Lipinski definition) is 1. The van der Waals surface area contributed by atoms with E-state index in [1.54, 1.807) is 0 Å². The Labute approximate surface area is 341 Å². The third kappa shape index (κ3) is 4.90. The summed E-state index contributed by atoms with van der Waals surface area (Å²) >= 11 is 1.82. The lowest BCUT2D eigenvalue weighted by atomic mass is 9.93. The molecule has 1 aliphatic heterocycles. The maximum atomic E-state index is 6.66. The fourth-order valence-electron chi connectivity index (χ4n) is 9.27. The topological polar surface area (TPSA) is 63.0 Å². The molecular weight excluding hydrogens is 743 g/mol. The standard InChI is InChI=1S/C53H31N3O2S/c1-2-13-32-30(12-1)28-42(35-15-4-3-14-34(32)35)52-54-51(41-20-11-19-39-36-16-5-8-21-43(36)58-50(39)41)55-53(56-52)49-33(26-27-45-48(49)40-18-6-9-22-44(40)57-45)31-24-25-38-37-17-7-10-23-46(37)59-47(38)29-31/h1-29,51H,(H,54,55,56). The summed E-state index contributed by atoms with van der Waals surface area (Å²) in [5, 5.41) is 15.1. The van der Waals surface area contributed by atoms with E-state index in [-0.39, 0.29) is 0 Å². The molecule has 1 aliphatic rings. The van der Waals surface area contributed by atoms with Gasteiger partial charge in [0.1, 0.15) is 28.2 Å². The van der Waals surface area contributed by atoms with Crippen molar-refractivity contribution in [3.8, 4) is 11.1 Å². The van der Waals surface area contributed by atoms with Gasteiger partial charge in [0, 0.05) is 58.4 Å². The Bertz CT molecular complexity index is 3790. The molecule has 0 spiro atoms. The minimum Gasteiger partial charge on any atom is -0.456 e. The molecule has 9 aromatic carbocycles. The van der Waals surface area contributed by atoms with Crippen LogP contribution in [-0.2, 0) is 0 Å². The van der Waals surface area contributed by atoms with Crippen molar-refractivity contribution in [2.45, 2.75) is 6.17 Å². The number of aliphatic imine (C=N–C) groups is 2. The highest BCUT2D eigenvalue weighted by Crippen LogP contribution is 2.43. The van der Waals surface area contributed by atoms with Gasteiger partial charge in [-0.05, 0) is 75.1 Å². The summed E-state index contributed by atoms with van der Waals surface area (Å²) < 4.78 is 15.7. The Hall–Kier alpha value is -7.54. The van der Waals surface area contributed by atoms with E-state index in [9.17, 15) is 0 Å². The molecule has 3 aromatic heterocycles. The quantitative estimate of drug-likeness (QED) is 0.181. The minimum absolute atomic E-state index is 0.529. The van der Waals surface area contributed by atoms with Gasteiger partial charge in [-0.2, -0.15) is 0 Å². The second kappa shape index (κ2) is 12.5. The molecule has 0 radical (unpaired) electrons. The van der Waals surface area contributed by atoms with Gasteiger partial charge in [-0.3, -0.25) is 0 Å². The van der Waals surface area contributed by atoms with Gasteiger partial charge in [-0.1, -0.05) is 133 Å². The number of fused-ring (bicyclic) bond motifs is 12. The zero-order valence-corrected chi connectivity index (χ0v) is 32.3. The number of hydrogen-bond acceptors (Lipinski definition) is 6. The summed E-state index contributed by atoms with van der Waals surface area (Å²) in [6.45, 7) is 0. The smallest absolute Gasteiger partial charge is 0.160 e. The zero-order valence-electron chi connectivity index (χ0n) is 31.4. The summed E-state index contributed by atoms with van der Waals surface area (Å²) in [5.41, 5.74) is 8.27. The number of rotatable bonds is 4. The monoisotopic (exact) mass is 773 g/mol. The van der Waals surface area contributed by atoms with Crippen molar-refractivity contribution in [3.05, 3.63) is 193 Å². The van der Waals surface area contributed by atoms with E-state index in [4.69, 9.17) is 18.8 Å². The van der Waals surface area contributed by atoms with Crippen LogP contribution in [0.4, 0.5) is 0 Å². The van der Waals surface area contributed by atoms with Crippen molar-refractivity contribution in [1.29, 1.82) is 0 Å². The molecular formula is C53H31N3O2S. The van der Waals surface area contributed by atoms with Crippen LogP contribution in [0.25, 0.3) is 96.7 Å². The van der Waals surface area contributed by atoms with Gasteiger partial charge in [0.25, 0.3) is 0 Å². The Kier molecular flexibility index (Phi) is 6.88. The predicted octanol–water partition coefficient (Wildman–Crippen LogP) is 14.3. The SMILES string of the molecule is c1ccc2c(c1)cc(C1=NC(c3c(-c4ccc5c(c4)sc4ccccc45)ccc4oc5ccccc5c34)=NC(c3cccc4c3oc3ccccc34)N1)c1ccccc12. The Balaban J connectivity index is 1.12. The number of para-hydroxylation sites is 3. The van der Waals surface area contributed by atoms with Gasteiger partial charge in [-0.25, -0.2) is 9.98 Å². The van der Waals surface area contributed by atoms with Crippen molar-refractivity contribution in [3.63, 3.8) is 0 Å². The lowest BCUT2D eigenvalue weighted by Gasteiger charge is -2.25. The number of amidine groups is 2. The maximum absolute atomic E-state index is 6.66.